The molecule has 56 valence electrons. The van der Waals surface area contributed by atoms with Crippen LogP contribution in [0.5, 0.6) is 0 Å². The zero-order valence-electron chi connectivity index (χ0n) is 7.72. The molecule has 0 bridgehead atoms. The molecular formula is C6H14NNaOS. The van der Waals surface area contributed by atoms with Crippen molar-refractivity contribution in [3.63, 3.8) is 0 Å². The molecule has 0 aromatic heterocycles. The van der Waals surface area contributed by atoms with E-state index in [-0.39, 0.29) is 36.2 Å². The van der Waals surface area contributed by atoms with Crippen molar-refractivity contribution in [1.82, 2.24) is 0 Å². The van der Waals surface area contributed by atoms with Crippen LogP contribution in [-0.4, -0.2) is 11.8 Å². The number of rotatable bonds is 4. The molecule has 0 radical (unpaired) electrons. The van der Waals surface area contributed by atoms with E-state index in [0.29, 0.717) is 6.61 Å². The summed E-state index contributed by atoms with van der Waals surface area (Å²) in [6.45, 7) is 2.81. The summed E-state index contributed by atoms with van der Waals surface area (Å²) < 4.78 is 4.85. The molecule has 2 N–H and O–H groups in total. The van der Waals surface area contributed by atoms with Crippen molar-refractivity contribution in [3.05, 3.63) is 0 Å². The third-order valence-electron chi connectivity index (χ3n) is 0.992. The number of unbranched alkanes of at least 4 members (excludes halogenated alkanes) is 2. The first-order valence-electron chi connectivity index (χ1n) is 3.19. The van der Waals surface area contributed by atoms with Crippen LogP contribution in [0.2, 0.25) is 0 Å². The van der Waals surface area contributed by atoms with Gasteiger partial charge in [-0.25, -0.2) is 0 Å². The van der Waals surface area contributed by atoms with Gasteiger partial charge in [0.1, 0.15) is 0 Å². The Labute approximate surface area is 91.3 Å². The molecule has 0 spiro atoms. The second-order valence-corrected chi connectivity index (χ2v) is 2.28. The van der Waals surface area contributed by atoms with E-state index in [0.717, 1.165) is 6.42 Å². The Bertz CT molecular complexity index is 94.7. The number of ether oxygens (including phenoxy) is 1. The van der Waals surface area contributed by atoms with Gasteiger partial charge in [0, 0.05) is 0 Å². The molecule has 0 aliphatic carbocycles. The molecule has 0 rings (SSSR count). The standard InChI is InChI=1S/C6H13NOS.Na.H/c1-2-3-4-5-8-6(7)9;;/h2-5H2,1H3,(H2,7,9);;/q;+1;-1. The van der Waals surface area contributed by atoms with E-state index in [9.17, 15) is 0 Å². The van der Waals surface area contributed by atoms with Crippen LogP contribution in [0.1, 0.15) is 27.6 Å². The average molecular weight is 171 g/mol. The van der Waals surface area contributed by atoms with Crippen LogP contribution in [0.3, 0.4) is 0 Å². The largest absolute Gasteiger partial charge is 1.00 e. The molecule has 0 heterocycles. The van der Waals surface area contributed by atoms with Crippen LogP contribution in [0.4, 0.5) is 0 Å². The summed E-state index contributed by atoms with van der Waals surface area (Å²) in [5, 5.41) is 0.158. The molecule has 10 heavy (non-hydrogen) atoms. The van der Waals surface area contributed by atoms with Crippen molar-refractivity contribution < 1.29 is 35.7 Å². The molecule has 0 fully saturated rings. The third kappa shape index (κ3) is 11.5. The van der Waals surface area contributed by atoms with Gasteiger partial charge in [-0.1, -0.05) is 19.8 Å². The van der Waals surface area contributed by atoms with Crippen molar-refractivity contribution in [2.45, 2.75) is 26.2 Å². The SMILES string of the molecule is CCCCCOC(N)=S.[H-].[Na+]. The maximum absolute atomic E-state index is 5.08. The molecule has 0 aromatic carbocycles. The van der Waals surface area contributed by atoms with Gasteiger partial charge in [0.25, 0.3) is 5.17 Å². The molecule has 0 aliphatic rings. The molecule has 0 aromatic rings. The van der Waals surface area contributed by atoms with Crippen LogP contribution in [0.15, 0.2) is 0 Å². The van der Waals surface area contributed by atoms with E-state index < -0.39 is 0 Å². The first kappa shape index (κ1) is 13.3. The summed E-state index contributed by atoms with van der Waals surface area (Å²) >= 11 is 4.50. The summed E-state index contributed by atoms with van der Waals surface area (Å²) in [6, 6.07) is 0. The molecule has 0 atom stereocenters. The molecular weight excluding hydrogens is 157 g/mol. The minimum Gasteiger partial charge on any atom is -1.00 e. The Morgan fingerprint density at radius 3 is 2.60 bits per heavy atom. The fourth-order valence-electron chi connectivity index (χ4n) is 0.525. The van der Waals surface area contributed by atoms with Gasteiger partial charge in [0.15, 0.2) is 0 Å². The summed E-state index contributed by atoms with van der Waals surface area (Å²) in [4.78, 5) is 0. The molecule has 2 nitrogen and oxygen atoms in total. The van der Waals surface area contributed by atoms with Gasteiger partial charge in [-0.05, 0) is 18.6 Å². The smallest absolute Gasteiger partial charge is 1.00 e. The minimum absolute atomic E-state index is 0. The van der Waals surface area contributed by atoms with E-state index in [1.165, 1.54) is 12.8 Å². The van der Waals surface area contributed by atoms with Gasteiger partial charge in [0.05, 0.1) is 6.61 Å². The maximum Gasteiger partial charge on any atom is 1.00 e. The molecule has 0 saturated heterocycles. The summed E-state index contributed by atoms with van der Waals surface area (Å²) in [5.74, 6) is 0. The fourth-order valence-corrected chi connectivity index (χ4v) is 0.608. The van der Waals surface area contributed by atoms with Crippen LogP contribution < -0.4 is 35.3 Å². The predicted octanol–water partition coefficient (Wildman–Crippen LogP) is -1.45. The van der Waals surface area contributed by atoms with Crippen LogP contribution >= 0.6 is 12.2 Å². The van der Waals surface area contributed by atoms with Crippen LogP contribution in [-0.2, 0) is 4.74 Å². The van der Waals surface area contributed by atoms with Crippen molar-refractivity contribution in [3.8, 4) is 0 Å². The van der Waals surface area contributed by atoms with Crippen molar-refractivity contribution >= 4 is 17.4 Å². The Morgan fingerprint density at radius 1 is 1.60 bits per heavy atom. The van der Waals surface area contributed by atoms with E-state index in [1.807, 2.05) is 0 Å². The van der Waals surface area contributed by atoms with Gasteiger partial charge >= 0.3 is 29.6 Å². The van der Waals surface area contributed by atoms with Crippen LogP contribution in [0.25, 0.3) is 0 Å². The zero-order chi connectivity index (χ0) is 7.11. The van der Waals surface area contributed by atoms with Gasteiger partial charge in [-0.3, -0.25) is 0 Å². The van der Waals surface area contributed by atoms with Crippen molar-refractivity contribution in [2.24, 2.45) is 5.73 Å². The van der Waals surface area contributed by atoms with E-state index in [2.05, 4.69) is 19.1 Å². The molecule has 0 unspecified atom stereocenters. The zero-order valence-corrected chi connectivity index (χ0v) is 9.54. The van der Waals surface area contributed by atoms with Crippen molar-refractivity contribution in [1.29, 1.82) is 0 Å². The minimum atomic E-state index is 0. The summed E-state index contributed by atoms with van der Waals surface area (Å²) in [5.41, 5.74) is 5.08. The average Bonchev–Trinajstić information content (AvgIpc) is 1.80. The topological polar surface area (TPSA) is 35.2 Å². The molecule has 0 amide bonds. The number of thiocarbonyl (C=S) groups is 1. The molecule has 4 heteroatoms. The quantitative estimate of drug-likeness (QED) is 0.319. The van der Waals surface area contributed by atoms with Gasteiger partial charge in [-0.15, -0.1) is 0 Å². The monoisotopic (exact) mass is 171 g/mol. The Kier molecular flexibility index (Phi) is 12.9. The van der Waals surface area contributed by atoms with E-state index >= 15 is 0 Å². The number of hydrogen-bond acceptors (Lipinski definition) is 2. The Morgan fingerprint density at radius 2 is 2.20 bits per heavy atom. The predicted molar refractivity (Wildman–Crippen MR) is 43.4 cm³/mol. The molecule has 0 saturated carbocycles. The summed E-state index contributed by atoms with van der Waals surface area (Å²) in [7, 11) is 0. The first-order chi connectivity index (χ1) is 4.27. The number of hydrogen-bond donors (Lipinski definition) is 1. The summed E-state index contributed by atoms with van der Waals surface area (Å²) in [6.07, 6.45) is 3.43. The van der Waals surface area contributed by atoms with Crippen LogP contribution in [0, 0.1) is 0 Å². The second kappa shape index (κ2) is 9.69. The second-order valence-electron chi connectivity index (χ2n) is 1.87. The Hall–Kier alpha value is 0.690. The normalized spacial score (nSPS) is 8.10. The Balaban J connectivity index is -0.000000320. The first-order valence-corrected chi connectivity index (χ1v) is 3.60. The number of nitrogens with two attached hydrogens (primary N) is 1. The van der Waals surface area contributed by atoms with Gasteiger partial charge < -0.3 is 11.9 Å². The fraction of sp³-hybridized carbons (Fsp3) is 0.833. The van der Waals surface area contributed by atoms with Crippen molar-refractivity contribution in [2.75, 3.05) is 6.61 Å². The van der Waals surface area contributed by atoms with E-state index in [4.69, 9.17) is 10.5 Å². The maximum atomic E-state index is 5.08. The van der Waals surface area contributed by atoms with Gasteiger partial charge in [0.2, 0.25) is 0 Å². The van der Waals surface area contributed by atoms with E-state index in [1.54, 1.807) is 0 Å². The van der Waals surface area contributed by atoms with Gasteiger partial charge in [-0.2, -0.15) is 0 Å². The molecule has 0 aliphatic heterocycles. The third-order valence-corrected chi connectivity index (χ3v) is 1.11.